The van der Waals surface area contributed by atoms with Gasteiger partial charge in [-0.25, -0.2) is 4.98 Å². The number of fused-ring (bicyclic) bond motifs is 3. The van der Waals surface area contributed by atoms with Crippen molar-refractivity contribution in [3.8, 4) is 0 Å². The van der Waals surface area contributed by atoms with Crippen molar-refractivity contribution in [2.24, 2.45) is 16.7 Å². The van der Waals surface area contributed by atoms with Crippen LogP contribution in [0.2, 0.25) is 0 Å². The molecule has 0 radical (unpaired) electrons. The number of rotatable bonds is 3. The third-order valence-corrected chi connectivity index (χ3v) is 7.18. The van der Waals surface area contributed by atoms with Gasteiger partial charge in [-0.3, -0.25) is 14.2 Å². The number of nitrogens with zero attached hydrogens (tertiary/aromatic N) is 2. The summed E-state index contributed by atoms with van der Waals surface area (Å²) in [5, 5.41) is 3.23. The molecule has 0 spiro atoms. The minimum atomic E-state index is -0.242. The number of nitrogens with one attached hydrogen (secondary N) is 1. The SMILES string of the molecule is CC1(C)[C@H]2CC[C@]1(C)[C@@H](NC(=O)Cn1c(=O)cnc3ccccc31)C2. The molecule has 4 rings (SSSR count). The van der Waals surface area contributed by atoms with Gasteiger partial charge in [0.15, 0.2) is 0 Å². The molecule has 2 saturated carbocycles. The molecule has 132 valence electrons. The molecule has 0 saturated heterocycles. The Morgan fingerprint density at radius 2 is 2.08 bits per heavy atom. The Labute approximate surface area is 147 Å². The van der Waals surface area contributed by atoms with Crippen molar-refractivity contribution in [2.45, 2.75) is 52.6 Å². The molecule has 2 bridgehead atoms. The van der Waals surface area contributed by atoms with Crippen LogP contribution in [-0.2, 0) is 11.3 Å². The fourth-order valence-electron chi connectivity index (χ4n) is 5.08. The minimum Gasteiger partial charge on any atom is -0.351 e. The zero-order valence-electron chi connectivity index (χ0n) is 15.1. The molecule has 2 aliphatic rings. The van der Waals surface area contributed by atoms with E-state index < -0.39 is 0 Å². The second kappa shape index (κ2) is 5.41. The monoisotopic (exact) mass is 339 g/mol. The molecular formula is C20H25N3O2. The van der Waals surface area contributed by atoms with Crippen LogP contribution in [-0.4, -0.2) is 21.5 Å². The van der Waals surface area contributed by atoms with Gasteiger partial charge in [0.2, 0.25) is 5.91 Å². The van der Waals surface area contributed by atoms with E-state index in [9.17, 15) is 9.59 Å². The molecule has 3 atom stereocenters. The highest BCUT2D eigenvalue weighted by Crippen LogP contribution is 2.65. The molecule has 0 aliphatic heterocycles. The van der Waals surface area contributed by atoms with Crippen LogP contribution in [0.25, 0.3) is 11.0 Å². The smallest absolute Gasteiger partial charge is 0.269 e. The lowest BCUT2D eigenvalue weighted by molar-refractivity contribution is -0.123. The predicted octanol–water partition coefficient (Wildman–Crippen LogP) is 2.73. The summed E-state index contributed by atoms with van der Waals surface area (Å²) < 4.78 is 1.51. The highest BCUT2D eigenvalue weighted by molar-refractivity contribution is 5.80. The third-order valence-electron chi connectivity index (χ3n) is 7.18. The average Bonchev–Trinajstić information content (AvgIpc) is 2.91. The van der Waals surface area contributed by atoms with Gasteiger partial charge in [0.05, 0.1) is 17.2 Å². The first-order valence-corrected chi connectivity index (χ1v) is 9.07. The Balaban J connectivity index is 1.57. The summed E-state index contributed by atoms with van der Waals surface area (Å²) in [5.74, 6) is 0.584. The number of carbonyl (C=O) groups is 1. The van der Waals surface area contributed by atoms with E-state index in [4.69, 9.17) is 0 Å². The molecule has 2 aromatic rings. The Bertz CT molecular complexity index is 901. The van der Waals surface area contributed by atoms with E-state index in [0.717, 1.165) is 18.4 Å². The average molecular weight is 339 g/mol. The van der Waals surface area contributed by atoms with Crippen LogP contribution < -0.4 is 10.9 Å². The summed E-state index contributed by atoms with van der Waals surface area (Å²) in [6.07, 6.45) is 4.75. The Morgan fingerprint density at radius 1 is 1.32 bits per heavy atom. The number of benzene rings is 1. The summed E-state index contributed by atoms with van der Waals surface area (Å²) in [7, 11) is 0. The largest absolute Gasteiger partial charge is 0.351 e. The van der Waals surface area contributed by atoms with Crippen LogP contribution in [0.3, 0.4) is 0 Å². The van der Waals surface area contributed by atoms with E-state index in [2.05, 4.69) is 31.1 Å². The van der Waals surface area contributed by atoms with Crippen molar-refractivity contribution >= 4 is 16.9 Å². The summed E-state index contributed by atoms with van der Waals surface area (Å²) in [5.41, 5.74) is 1.57. The van der Waals surface area contributed by atoms with Crippen molar-refractivity contribution in [2.75, 3.05) is 0 Å². The molecule has 1 aromatic carbocycles. The van der Waals surface area contributed by atoms with Crippen molar-refractivity contribution in [1.29, 1.82) is 0 Å². The van der Waals surface area contributed by atoms with E-state index in [1.807, 2.05) is 24.3 Å². The van der Waals surface area contributed by atoms with Gasteiger partial charge in [-0.05, 0) is 48.1 Å². The van der Waals surface area contributed by atoms with Gasteiger partial charge in [0.1, 0.15) is 6.54 Å². The fraction of sp³-hybridized carbons (Fsp3) is 0.550. The second-order valence-corrected chi connectivity index (χ2v) is 8.40. The summed E-state index contributed by atoms with van der Waals surface area (Å²) in [4.78, 5) is 29.1. The lowest BCUT2D eigenvalue weighted by Gasteiger charge is -2.39. The molecule has 1 N–H and O–H groups in total. The van der Waals surface area contributed by atoms with E-state index in [-0.39, 0.29) is 34.9 Å². The van der Waals surface area contributed by atoms with Gasteiger partial charge in [0.25, 0.3) is 5.56 Å². The number of hydrogen-bond donors (Lipinski definition) is 1. The molecule has 1 heterocycles. The Morgan fingerprint density at radius 3 is 2.76 bits per heavy atom. The molecule has 5 nitrogen and oxygen atoms in total. The third kappa shape index (κ3) is 2.32. The van der Waals surface area contributed by atoms with Gasteiger partial charge in [0, 0.05) is 6.04 Å². The van der Waals surface area contributed by atoms with Gasteiger partial charge >= 0.3 is 0 Å². The number of aromatic nitrogens is 2. The first kappa shape index (κ1) is 16.3. The van der Waals surface area contributed by atoms with Crippen LogP contribution in [0.15, 0.2) is 35.3 Å². The molecule has 2 aliphatic carbocycles. The molecule has 1 amide bonds. The number of para-hydroxylation sites is 2. The van der Waals surface area contributed by atoms with Crippen LogP contribution in [0.4, 0.5) is 0 Å². The maximum atomic E-state index is 12.7. The quantitative estimate of drug-likeness (QED) is 0.935. The molecule has 1 aromatic heterocycles. The van der Waals surface area contributed by atoms with Crippen molar-refractivity contribution in [3.05, 3.63) is 40.8 Å². The van der Waals surface area contributed by atoms with Gasteiger partial charge in [-0.2, -0.15) is 0 Å². The highest BCUT2D eigenvalue weighted by Gasteiger charge is 2.61. The fourth-order valence-corrected chi connectivity index (χ4v) is 5.08. The van der Waals surface area contributed by atoms with Crippen molar-refractivity contribution in [3.63, 3.8) is 0 Å². The van der Waals surface area contributed by atoms with Crippen LogP contribution in [0.1, 0.15) is 40.0 Å². The number of carbonyl (C=O) groups excluding carboxylic acids is 1. The predicted molar refractivity (Wildman–Crippen MR) is 97.2 cm³/mol. The van der Waals surface area contributed by atoms with E-state index >= 15 is 0 Å². The molecule has 25 heavy (non-hydrogen) atoms. The lowest BCUT2D eigenvalue weighted by Crippen LogP contribution is -2.48. The number of amides is 1. The van der Waals surface area contributed by atoms with Gasteiger partial charge in [-0.1, -0.05) is 32.9 Å². The van der Waals surface area contributed by atoms with Crippen LogP contribution >= 0.6 is 0 Å². The topological polar surface area (TPSA) is 64.0 Å². The maximum absolute atomic E-state index is 12.7. The van der Waals surface area contributed by atoms with E-state index in [1.54, 1.807) is 0 Å². The number of hydrogen-bond acceptors (Lipinski definition) is 3. The van der Waals surface area contributed by atoms with Crippen molar-refractivity contribution in [1.82, 2.24) is 14.9 Å². The Hall–Kier alpha value is -2.17. The molecule has 5 heteroatoms. The first-order chi connectivity index (χ1) is 11.8. The van der Waals surface area contributed by atoms with Crippen LogP contribution in [0, 0.1) is 16.7 Å². The van der Waals surface area contributed by atoms with E-state index in [0.29, 0.717) is 11.4 Å². The normalized spacial score (nSPS) is 29.9. The standard InChI is InChI=1S/C20H25N3O2/c1-19(2)13-8-9-20(19,3)16(10-13)22-17(24)12-23-15-7-5-4-6-14(15)21-11-18(23)25/h4-7,11,13,16H,8-10,12H2,1-3H3,(H,22,24)/t13-,16-,20+/m0/s1. The summed E-state index contributed by atoms with van der Waals surface area (Å²) in [6, 6.07) is 7.61. The zero-order valence-corrected chi connectivity index (χ0v) is 15.1. The van der Waals surface area contributed by atoms with E-state index in [1.165, 1.54) is 17.2 Å². The maximum Gasteiger partial charge on any atom is 0.269 e. The van der Waals surface area contributed by atoms with Crippen LogP contribution in [0.5, 0.6) is 0 Å². The lowest BCUT2D eigenvalue weighted by atomic mass is 9.69. The summed E-state index contributed by atoms with van der Waals surface area (Å²) in [6.45, 7) is 7.01. The Kier molecular flexibility index (Phi) is 3.53. The molecular weight excluding hydrogens is 314 g/mol. The summed E-state index contributed by atoms with van der Waals surface area (Å²) >= 11 is 0. The molecule has 0 unspecified atom stereocenters. The zero-order chi connectivity index (χ0) is 17.8. The van der Waals surface area contributed by atoms with Gasteiger partial charge < -0.3 is 5.32 Å². The molecule has 2 fully saturated rings. The minimum absolute atomic E-state index is 0.0412. The first-order valence-electron chi connectivity index (χ1n) is 9.07. The second-order valence-electron chi connectivity index (χ2n) is 8.40. The highest BCUT2D eigenvalue weighted by atomic mass is 16.2. The van der Waals surface area contributed by atoms with Gasteiger partial charge in [-0.15, -0.1) is 0 Å². The van der Waals surface area contributed by atoms with Crippen molar-refractivity contribution < 1.29 is 4.79 Å².